The Morgan fingerprint density at radius 2 is 1.67 bits per heavy atom. The summed E-state index contributed by atoms with van der Waals surface area (Å²) >= 11 is 5.27. The Labute approximate surface area is 394 Å². The van der Waals surface area contributed by atoms with E-state index >= 15 is 0 Å². The van der Waals surface area contributed by atoms with E-state index in [0.29, 0.717) is 57.1 Å². The molecule has 0 bridgehead atoms. The molecule has 0 radical (unpaired) electrons. The number of sulfonamides is 1. The average Bonchev–Trinajstić information content (AvgIpc) is 3.80. The molecule has 1 unspecified atom stereocenters. The van der Waals surface area contributed by atoms with Crippen LogP contribution in [0.1, 0.15) is 96.7 Å². The van der Waals surface area contributed by atoms with Crippen molar-refractivity contribution >= 4 is 73.6 Å². The first-order chi connectivity index (χ1) is 32.1. The van der Waals surface area contributed by atoms with Gasteiger partial charge in [-0.15, -0.1) is 0 Å². The topological polar surface area (TPSA) is 223 Å². The SMILES string of the molecule is CC(C)S(=O)(=O)N1CCC(n2cc(-c3cccc(C(N)=S)c3)c3ccc(CNC(=O)C4CN(CCCCCNC(=O)COc5cccc6c5C(=O)N(C5CCC(=O)NC5=O)C6=O)C4)cc32)CC1. The number of benzene rings is 3. The molecule has 4 aliphatic rings. The number of rotatable bonds is 18. The van der Waals surface area contributed by atoms with E-state index in [1.54, 1.807) is 18.2 Å². The maximum absolute atomic E-state index is 13.3. The normalized spacial score (nSPS) is 18.6. The second-order valence-electron chi connectivity index (χ2n) is 18.0. The van der Waals surface area contributed by atoms with Crippen LogP contribution in [0, 0.1) is 5.92 Å². The number of likely N-dealkylation sites (tertiary alicyclic amines) is 1. The third-order valence-corrected chi connectivity index (χ3v) is 15.7. The largest absolute Gasteiger partial charge is 0.483 e. The quantitative estimate of drug-likeness (QED) is 0.0638. The van der Waals surface area contributed by atoms with Crippen molar-refractivity contribution in [2.45, 2.75) is 82.7 Å². The van der Waals surface area contributed by atoms with Gasteiger partial charge < -0.3 is 30.6 Å². The number of hydrogen-bond donors (Lipinski definition) is 4. The minimum atomic E-state index is -3.34. The first-order valence-corrected chi connectivity index (χ1v) is 24.8. The second-order valence-corrected chi connectivity index (χ2v) is 20.9. The molecular formula is C48H56N8O9S2. The third kappa shape index (κ3) is 10.1. The molecule has 0 saturated carbocycles. The molecule has 3 saturated heterocycles. The summed E-state index contributed by atoms with van der Waals surface area (Å²) in [7, 11) is -3.34. The zero-order valence-corrected chi connectivity index (χ0v) is 39.3. The first-order valence-electron chi connectivity index (χ1n) is 22.9. The van der Waals surface area contributed by atoms with E-state index in [1.807, 2.05) is 30.3 Å². The summed E-state index contributed by atoms with van der Waals surface area (Å²) < 4.78 is 35.4. The number of nitrogens with zero attached hydrogens (tertiary/aromatic N) is 4. The summed E-state index contributed by atoms with van der Waals surface area (Å²) in [4.78, 5) is 79.6. The monoisotopic (exact) mass is 952 g/mol. The van der Waals surface area contributed by atoms with E-state index in [-0.39, 0.29) is 60.1 Å². The number of imide groups is 2. The highest BCUT2D eigenvalue weighted by Crippen LogP contribution is 2.38. The maximum Gasteiger partial charge on any atom is 0.266 e. The van der Waals surface area contributed by atoms with Gasteiger partial charge in [0.1, 0.15) is 16.8 Å². The third-order valence-electron chi connectivity index (χ3n) is 13.2. The number of carbonyl (C=O) groups excluding carboxylic acids is 6. The van der Waals surface area contributed by atoms with Crippen molar-refractivity contribution in [1.82, 2.24) is 34.6 Å². The number of hydrogen-bond acceptors (Lipinski definition) is 11. The van der Waals surface area contributed by atoms with Crippen molar-refractivity contribution in [1.29, 1.82) is 0 Å². The fraction of sp³-hybridized carbons (Fsp3) is 0.438. The molecule has 17 nitrogen and oxygen atoms in total. The predicted octanol–water partition coefficient (Wildman–Crippen LogP) is 3.63. The van der Waals surface area contributed by atoms with E-state index in [1.165, 1.54) is 18.2 Å². The average molecular weight is 953 g/mol. The minimum absolute atomic E-state index is 0.00807. The highest BCUT2D eigenvalue weighted by Gasteiger charge is 2.46. The van der Waals surface area contributed by atoms with Crippen LogP contribution in [0.4, 0.5) is 0 Å². The lowest BCUT2D eigenvalue weighted by atomic mass is 9.98. The van der Waals surface area contributed by atoms with Crippen molar-refractivity contribution in [3.05, 3.63) is 89.1 Å². The van der Waals surface area contributed by atoms with E-state index in [4.69, 9.17) is 22.7 Å². The van der Waals surface area contributed by atoms with Crippen LogP contribution in [0.3, 0.4) is 0 Å². The lowest BCUT2D eigenvalue weighted by molar-refractivity contribution is -0.136. The van der Waals surface area contributed by atoms with Gasteiger partial charge in [-0.3, -0.25) is 39.0 Å². The van der Waals surface area contributed by atoms with Crippen LogP contribution in [0.15, 0.2) is 66.9 Å². The molecule has 6 amide bonds. The summed E-state index contributed by atoms with van der Waals surface area (Å²) in [6.07, 6.45) is 6.04. The van der Waals surface area contributed by atoms with Gasteiger partial charge >= 0.3 is 0 Å². The molecular weight excluding hydrogens is 897 g/mol. The molecule has 1 atom stereocenters. The molecule has 0 spiro atoms. The number of fused-ring (bicyclic) bond motifs is 2. The molecule has 19 heteroatoms. The predicted molar refractivity (Wildman–Crippen MR) is 254 cm³/mol. The number of unbranched alkanes of at least 4 members (excludes halogenated alkanes) is 2. The van der Waals surface area contributed by atoms with Gasteiger partial charge in [-0.05, 0) is 87.9 Å². The van der Waals surface area contributed by atoms with Crippen molar-refractivity contribution in [3.63, 3.8) is 0 Å². The Kier molecular flexibility index (Phi) is 14.2. The van der Waals surface area contributed by atoms with E-state index in [9.17, 15) is 37.2 Å². The molecule has 8 rings (SSSR count). The molecule has 67 heavy (non-hydrogen) atoms. The van der Waals surface area contributed by atoms with E-state index in [2.05, 4.69) is 43.7 Å². The lowest BCUT2D eigenvalue weighted by Crippen LogP contribution is -2.54. The zero-order chi connectivity index (χ0) is 47.6. The van der Waals surface area contributed by atoms with Crippen LogP contribution in [0.25, 0.3) is 22.0 Å². The highest BCUT2D eigenvalue weighted by atomic mass is 32.2. The van der Waals surface area contributed by atoms with E-state index < -0.39 is 44.9 Å². The molecule has 3 fully saturated rings. The van der Waals surface area contributed by atoms with Gasteiger partial charge in [0.25, 0.3) is 17.7 Å². The van der Waals surface area contributed by atoms with Crippen molar-refractivity contribution in [2.24, 2.45) is 11.7 Å². The number of thiocarbonyl (C=S) groups is 1. The summed E-state index contributed by atoms with van der Waals surface area (Å²) in [5.74, 6) is -2.95. The van der Waals surface area contributed by atoms with Crippen molar-refractivity contribution < 1.29 is 41.9 Å². The summed E-state index contributed by atoms with van der Waals surface area (Å²) in [5.41, 5.74) is 10.8. The molecule has 4 aromatic rings. The van der Waals surface area contributed by atoms with Crippen LogP contribution >= 0.6 is 12.2 Å². The molecule has 3 aromatic carbocycles. The van der Waals surface area contributed by atoms with Gasteiger partial charge in [0, 0.05) is 80.0 Å². The number of piperidine rings is 2. The highest BCUT2D eigenvalue weighted by molar-refractivity contribution is 7.89. The Hall–Kier alpha value is -6.02. The van der Waals surface area contributed by atoms with Gasteiger partial charge in [-0.25, -0.2) is 12.7 Å². The molecule has 1 aromatic heterocycles. The first kappa shape index (κ1) is 47.5. The number of ether oxygens (including phenoxy) is 1. The fourth-order valence-electron chi connectivity index (χ4n) is 9.37. The summed E-state index contributed by atoms with van der Waals surface area (Å²) in [5, 5.41) is 8.71. The Morgan fingerprint density at radius 3 is 2.40 bits per heavy atom. The van der Waals surface area contributed by atoms with E-state index in [0.717, 1.165) is 63.9 Å². The smallest absolute Gasteiger partial charge is 0.266 e. The van der Waals surface area contributed by atoms with Crippen molar-refractivity contribution in [2.75, 3.05) is 45.9 Å². The summed E-state index contributed by atoms with van der Waals surface area (Å²) in [6.45, 7) is 6.94. The van der Waals surface area contributed by atoms with Crippen LogP contribution in [0.2, 0.25) is 0 Å². The number of nitrogens with two attached hydrogens (primary N) is 1. The minimum Gasteiger partial charge on any atom is -0.483 e. The molecule has 5 N–H and O–H groups in total. The van der Waals surface area contributed by atoms with Crippen LogP contribution in [0.5, 0.6) is 5.75 Å². The maximum atomic E-state index is 13.3. The number of carbonyl (C=O) groups is 6. The zero-order valence-electron chi connectivity index (χ0n) is 37.6. The standard InChI is InChI=1S/C48H56N8O9S2/c1-29(2)67(63,64)54-20-16-34(17-21-54)55-27-37(31-8-6-9-32(23-31)44(49)66)35-13-12-30(22-39(35)55)24-51-45(59)33-25-53(26-33)19-5-3-4-18-50-42(58)28-65-40-11-7-10-36-43(40)48(62)56(47(36)61)38-14-15-41(57)52-46(38)60/h6-13,22-23,27,29,33-34,38H,3-5,14-21,24-26,28H2,1-2H3,(H2,49,66)(H,50,58)(H,51,59)(H,52,57,60). The van der Waals surface area contributed by atoms with Crippen LogP contribution < -0.4 is 26.4 Å². The van der Waals surface area contributed by atoms with Crippen LogP contribution in [-0.2, 0) is 35.7 Å². The van der Waals surface area contributed by atoms with Gasteiger partial charge in [0.15, 0.2) is 6.61 Å². The molecule has 5 heterocycles. The summed E-state index contributed by atoms with van der Waals surface area (Å²) in [6, 6.07) is 17.6. The van der Waals surface area contributed by atoms with Gasteiger partial charge in [0.05, 0.1) is 22.3 Å². The van der Waals surface area contributed by atoms with Crippen LogP contribution in [-0.4, -0.2) is 125 Å². The lowest BCUT2D eigenvalue weighted by Gasteiger charge is -2.38. The second kappa shape index (κ2) is 20.1. The molecule has 0 aliphatic carbocycles. The number of aromatic nitrogens is 1. The Balaban J connectivity index is 0.770. The Morgan fingerprint density at radius 1 is 0.910 bits per heavy atom. The number of nitrogens with one attached hydrogen (secondary N) is 3. The van der Waals surface area contributed by atoms with Crippen molar-refractivity contribution in [3.8, 4) is 16.9 Å². The number of amides is 6. The van der Waals surface area contributed by atoms with Gasteiger partial charge in [-0.1, -0.05) is 55.0 Å². The fourth-order valence-corrected chi connectivity index (χ4v) is 10.8. The molecule has 354 valence electrons. The Bertz CT molecular complexity index is 2740. The molecule has 4 aliphatic heterocycles. The van der Waals surface area contributed by atoms with Gasteiger partial charge in [-0.2, -0.15) is 0 Å². The van der Waals surface area contributed by atoms with Gasteiger partial charge in [0.2, 0.25) is 27.7 Å².